The lowest BCUT2D eigenvalue weighted by molar-refractivity contribution is -0.120. The first-order chi connectivity index (χ1) is 13.1. The first-order valence-corrected chi connectivity index (χ1v) is 9.09. The Morgan fingerprint density at radius 1 is 0.963 bits per heavy atom. The lowest BCUT2D eigenvalue weighted by atomic mass is 9.88. The van der Waals surface area contributed by atoms with Gasteiger partial charge in [-0.05, 0) is 51.0 Å². The molecule has 1 amide bonds. The Hall–Kier alpha value is -2.98. The summed E-state index contributed by atoms with van der Waals surface area (Å²) in [6.45, 7) is 2.88. The number of halogens is 1. The normalized spacial score (nSPS) is 11.4. The Labute approximate surface area is 157 Å². The molecule has 0 bridgehead atoms. The molecule has 0 radical (unpaired) electrons. The summed E-state index contributed by atoms with van der Waals surface area (Å²) in [6.07, 6.45) is 0.190. The summed E-state index contributed by atoms with van der Waals surface area (Å²) in [5.41, 5.74) is 7.44. The molecule has 3 nitrogen and oxygen atoms in total. The molecular weight excluding hydrogens is 339 g/mol. The van der Waals surface area contributed by atoms with Gasteiger partial charge in [0, 0.05) is 18.5 Å². The van der Waals surface area contributed by atoms with E-state index >= 15 is 0 Å². The highest BCUT2D eigenvalue weighted by atomic mass is 19.1. The Kier molecular flexibility index (Phi) is 4.50. The van der Waals surface area contributed by atoms with E-state index in [1.165, 1.54) is 0 Å². The minimum atomic E-state index is -0.267. The monoisotopic (exact) mass is 360 g/mol. The summed E-state index contributed by atoms with van der Waals surface area (Å²) in [7, 11) is 0. The minimum absolute atomic E-state index is 0.107. The van der Waals surface area contributed by atoms with Gasteiger partial charge < -0.3 is 11.1 Å². The third kappa shape index (κ3) is 2.92. The van der Waals surface area contributed by atoms with Crippen molar-refractivity contribution >= 4 is 38.2 Å². The van der Waals surface area contributed by atoms with Crippen molar-refractivity contribution in [2.24, 2.45) is 5.73 Å². The van der Waals surface area contributed by atoms with Crippen molar-refractivity contribution in [3.63, 3.8) is 0 Å². The first kappa shape index (κ1) is 17.4. The fourth-order valence-corrected chi connectivity index (χ4v) is 3.95. The molecule has 0 aliphatic heterocycles. The molecule has 0 aromatic heterocycles. The number of hydrogen-bond donors (Lipinski definition) is 2. The summed E-state index contributed by atoms with van der Waals surface area (Å²) in [6, 6.07) is 17.1. The zero-order valence-electron chi connectivity index (χ0n) is 15.2. The van der Waals surface area contributed by atoms with E-state index in [2.05, 4.69) is 18.3 Å². The van der Waals surface area contributed by atoms with Gasteiger partial charge in [-0.15, -0.1) is 0 Å². The van der Waals surface area contributed by atoms with Gasteiger partial charge in [0.25, 0.3) is 0 Å². The van der Waals surface area contributed by atoms with Gasteiger partial charge in [0.2, 0.25) is 5.91 Å². The molecule has 0 saturated heterocycles. The number of carbonyl (C=O) groups excluding carboxylic acids is 1. The summed E-state index contributed by atoms with van der Waals surface area (Å²) >= 11 is 0. The second kappa shape index (κ2) is 6.97. The summed E-state index contributed by atoms with van der Waals surface area (Å²) < 4.78 is 14.9. The summed E-state index contributed by atoms with van der Waals surface area (Å²) in [5.74, 6) is -0.374. The third-order valence-corrected chi connectivity index (χ3v) is 5.15. The van der Waals surface area contributed by atoms with Crippen LogP contribution in [0.25, 0.3) is 32.3 Å². The van der Waals surface area contributed by atoms with Crippen molar-refractivity contribution in [1.29, 1.82) is 0 Å². The molecule has 4 aromatic rings. The van der Waals surface area contributed by atoms with Crippen LogP contribution >= 0.6 is 0 Å². The van der Waals surface area contributed by atoms with Gasteiger partial charge in [0.1, 0.15) is 5.82 Å². The van der Waals surface area contributed by atoms with Gasteiger partial charge in [0.15, 0.2) is 0 Å². The van der Waals surface area contributed by atoms with Gasteiger partial charge in [-0.2, -0.15) is 0 Å². The summed E-state index contributed by atoms with van der Waals surface area (Å²) in [5, 5.41) is 8.17. The fraction of sp³-hybridized carbons (Fsp3) is 0.174. The van der Waals surface area contributed by atoms with E-state index < -0.39 is 0 Å². The molecule has 0 atom stereocenters. The molecular formula is C23H21FN2O. The van der Waals surface area contributed by atoms with Crippen LogP contribution in [0.3, 0.4) is 0 Å². The lowest BCUT2D eigenvalue weighted by Crippen LogP contribution is -2.30. The van der Waals surface area contributed by atoms with E-state index in [0.29, 0.717) is 18.5 Å². The van der Waals surface area contributed by atoms with Crippen LogP contribution in [0.5, 0.6) is 0 Å². The predicted octanol–water partition coefficient (Wildman–Crippen LogP) is 4.21. The topological polar surface area (TPSA) is 55.1 Å². The number of carbonyl (C=O) groups is 1. The van der Waals surface area contributed by atoms with Crippen molar-refractivity contribution in [3.8, 4) is 0 Å². The number of amides is 1. The Morgan fingerprint density at radius 3 is 2.30 bits per heavy atom. The van der Waals surface area contributed by atoms with Crippen molar-refractivity contribution in [3.05, 3.63) is 71.5 Å². The molecule has 4 aromatic carbocycles. The Balaban J connectivity index is 2.10. The van der Waals surface area contributed by atoms with Crippen LogP contribution in [0.4, 0.5) is 4.39 Å². The minimum Gasteiger partial charge on any atom is -0.355 e. The maximum atomic E-state index is 14.9. The van der Waals surface area contributed by atoms with E-state index in [9.17, 15) is 9.18 Å². The van der Waals surface area contributed by atoms with Gasteiger partial charge >= 0.3 is 0 Å². The number of fused-ring (bicyclic) bond motifs is 4. The molecule has 4 rings (SSSR count). The lowest BCUT2D eigenvalue weighted by Gasteiger charge is -2.17. The SMILES string of the molecule is Cc1c2ccccc2c(CC(=O)NCCN)c2cc(F)c3ccccc3c12. The van der Waals surface area contributed by atoms with Gasteiger partial charge in [-0.3, -0.25) is 4.79 Å². The number of nitrogens with two attached hydrogens (primary N) is 1. The molecule has 27 heavy (non-hydrogen) atoms. The molecule has 0 fully saturated rings. The number of rotatable bonds is 4. The van der Waals surface area contributed by atoms with Crippen LogP contribution in [0, 0.1) is 12.7 Å². The highest BCUT2D eigenvalue weighted by molar-refractivity contribution is 6.17. The number of benzene rings is 4. The van der Waals surface area contributed by atoms with Crippen molar-refractivity contribution in [2.45, 2.75) is 13.3 Å². The predicted molar refractivity (Wildman–Crippen MR) is 109 cm³/mol. The van der Waals surface area contributed by atoms with Crippen LogP contribution in [0.1, 0.15) is 11.1 Å². The molecule has 0 aliphatic rings. The highest BCUT2D eigenvalue weighted by Gasteiger charge is 2.17. The molecule has 0 unspecified atom stereocenters. The van der Waals surface area contributed by atoms with Crippen molar-refractivity contribution in [2.75, 3.05) is 13.1 Å². The van der Waals surface area contributed by atoms with E-state index in [1.54, 1.807) is 12.1 Å². The average molecular weight is 360 g/mol. The van der Waals surface area contributed by atoms with Gasteiger partial charge in [-0.1, -0.05) is 48.5 Å². The van der Waals surface area contributed by atoms with Gasteiger partial charge in [0.05, 0.1) is 6.42 Å². The standard InChI is InChI=1S/C23H21FN2O/c1-14-15-6-2-3-7-16(15)19(13-22(27)26-11-10-25)20-12-21(24)17-8-4-5-9-18(17)23(14)20/h2-9,12H,10-11,13,25H2,1H3,(H,26,27). The van der Waals surface area contributed by atoms with Crippen LogP contribution in [-0.2, 0) is 11.2 Å². The third-order valence-electron chi connectivity index (χ3n) is 5.15. The molecule has 136 valence electrons. The fourth-order valence-electron chi connectivity index (χ4n) is 3.95. The number of nitrogens with one attached hydrogen (secondary N) is 1. The van der Waals surface area contributed by atoms with E-state index in [1.807, 2.05) is 36.4 Å². The first-order valence-electron chi connectivity index (χ1n) is 9.09. The molecule has 0 aliphatic carbocycles. The van der Waals surface area contributed by atoms with E-state index in [4.69, 9.17) is 5.73 Å². The molecule has 4 heteroatoms. The molecule has 0 saturated carbocycles. The Bertz CT molecular complexity index is 1180. The van der Waals surface area contributed by atoms with E-state index in [0.717, 1.165) is 38.1 Å². The largest absolute Gasteiger partial charge is 0.355 e. The smallest absolute Gasteiger partial charge is 0.224 e. The van der Waals surface area contributed by atoms with Crippen molar-refractivity contribution in [1.82, 2.24) is 5.32 Å². The van der Waals surface area contributed by atoms with Crippen molar-refractivity contribution < 1.29 is 9.18 Å². The number of hydrogen-bond acceptors (Lipinski definition) is 2. The van der Waals surface area contributed by atoms with Crippen LogP contribution in [0.15, 0.2) is 54.6 Å². The second-order valence-corrected chi connectivity index (χ2v) is 6.79. The zero-order valence-corrected chi connectivity index (χ0v) is 15.2. The maximum Gasteiger partial charge on any atom is 0.224 e. The maximum absolute atomic E-state index is 14.9. The van der Waals surface area contributed by atoms with Crippen LogP contribution in [0.2, 0.25) is 0 Å². The molecule has 3 N–H and O–H groups in total. The number of aryl methyl sites for hydroxylation is 1. The summed E-state index contributed by atoms with van der Waals surface area (Å²) in [4.78, 5) is 12.4. The molecule has 0 heterocycles. The highest BCUT2D eigenvalue weighted by Crippen LogP contribution is 2.38. The van der Waals surface area contributed by atoms with E-state index in [-0.39, 0.29) is 18.1 Å². The molecule has 0 spiro atoms. The van der Waals surface area contributed by atoms with Crippen LogP contribution < -0.4 is 11.1 Å². The second-order valence-electron chi connectivity index (χ2n) is 6.79. The van der Waals surface area contributed by atoms with Crippen LogP contribution in [-0.4, -0.2) is 19.0 Å². The Morgan fingerprint density at radius 2 is 1.59 bits per heavy atom. The zero-order chi connectivity index (χ0) is 19.0. The average Bonchev–Trinajstić information content (AvgIpc) is 2.69. The quantitative estimate of drug-likeness (QED) is 0.423. The van der Waals surface area contributed by atoms with Gasteiger partial charge in [-0.25, -0.2) is 4.39 Å².